The maximum absolute atomic E-state index is 15.0. The lowest BCUT2D eigenvalue weighted by Crippen LogP contribution is -2.53. The van der Waals surface area contributed by atoms with Gasteiger partial charge in [0.25, 0.3) is 0 Å². The van der Waals surface area contributed by atoms with Gasteiger partial charge in [-0.1, -0.05) is 91.0 Å². The average molecular weight is 815 g/mol. The first-order valence-corrected chi connectivity index (χ1v) is 20.3. The Balaban J connectivity index is 1.53. The summed E-state index contributed by atoms with van der Waals surface area (Å²) in [6.45, 7) is 6.91. The fourth-order valence-corrected chi connectivity index (χ4v) is 7.27. The van der Waals surface area contributed by atoms with E-state index in [0.717, 1.165) is 5.56 Å². The van der Waals surface area contributed by atoms with Crippen molar-refractivity contribution in [3.8, 4) is 11.5 Å². The van der Waals surface area contributed by atoms with E-state index in [0.29, 0.717) is 24.0 Å². The summed E-state index contributed by atoms with van der Waals surface area (Å²) in [7, 11) is -4.42. The molecule has 4 aromatic rings. The van der Waals surface area contributed by atoms with Gasteiger partial charge in [0, 0.05) is 12.1 Å². The minimum Gasteiger partial charge on any atom is -0.445 e. The van der Waals surface area contributed by atoms with Crippen molar-refractivity contribution in [3.63, 3.8) is 0 Å². The summed E-state index contributed by atoms with van der Waals surface area (Å²) in [6.07, 6.45) is -0.457. The Labute approximate surface area is 338 Å². The molecule has 0 aliphatic carbocycles. The summed E-state index contributed by atoms with van der Waals surface area (Å²) >= 11 is 0. The van der Waals surface area contributed by atoms with Gasteiger partial charge in [-0.2, -0.15) is 0 Å². The van der Waals surface area contributed by atoms with Crippen LogP contribution in [0.15, 0.2) is 115 Å². The monoisotopic (exact) mass is 814 g/mol. The molecule has 1 unspecified atom stereocenters. The Morgan fingerprint density at radius 3 is 1.81 bits per heavy atom. The zero-order chi connectivity index (χ0) is 42.1. The van der Waals surface area contributed by atoms with E-state index in [1.54, 1.807) is 118 Å². The molecule has 0 saturated carbocycles. The van der Waals surface area contributed by atoms with Crippen molar-refractivity contribution < 1.29 is 42.3 Å². The number of amidine groups is 1. The molecule has 308 valence electrons. The zero-order valence-corrected chi connectivity index (χ0v) is 33.8. The molecule has 7 N–H and O–H groups in total. The second kappa shape index (κ2) is 21.3. The number of hydrogen-bond donors (Lipinski definition) is 6. The van der Waals surface area contributed by atoms with Crippen molar-refractivity contribution in [2.24, 2.45) is 5.73 Å². The average Bonchev–Trinajstić information content (AvgIpc) is 3.18. The van der Waals surface area contributed by atoms with Gasteiger partial charge in [0.1, 0.15) is 41.6 Å². The van der Waals surface area contributed by atoms with Gasteiger partial charge in [0.2, 0.25) is 11.8 Å². The van der Waals surface area contributed by atoms with Gasteiger partial charge in [0.05, 0.1) is 0 Å². The second-order valence-corrected chi connectivity index (χ2v) is 16.2. The molecular formula is C42H51N6O9P. The van der Waals surface area contributed by atoms with Crippen molar-refractivity contribution in [2.45, 2.75) is 77.0 Å². The Morgan fingerprint density at radius 2 is 1.28 bits per heavy atom. The van der Waals surface area contributed by atoms with Crippen LogP contribution in [-0.4, -0.2) is 54.1 Å². The first kappa shape index (κ1) is 44.4. The topological polar surface area (TPSA) is 220 Å². The lowest BCUT2D eigenvalue weighted by atomic mass is 10.1. The van der Waals surface area contributed by atoms with Crippen molar-refractivity contribution in [3.05, 3.63) is 132 Å². The number of benzene rings is 4. The predicted octanol–water partition coefficient (Wildman–Crippen LogP) is 6.93. The molecule has 16 heteroatoms. The van der Waals surface area contributed by atoms with E-state index in [1.165, 1.54) is 19.1 Å². The van der Waals surface area contributed by atoms with Gasteiger partial charge in [-0.05, 0) is 82.3 Å². The van der Waals surface area contributed by atoms with E-state index in [2.05, 4.69) is 21.3 Å². The molecule has 0 fully saturated rings. The molecule has 4 aromatic carbocycles. The number of nitrogens with two attached hydrogens (primary N) is 1. The summed E-state index contributed by atoms with van der Waals surface area (Å²) in [5.41, 5.74) is 6.45. The molecule has 0 aromatic heterocycles. The van der Waals surface area contributed by atoms with Gasteiger partial charge in [-0.25, -0.2) is 14.2 Å². The molecule has 0 aliphatic heterocycles. The Morgan fingerprint density at radius 1 is 0.724 bits per heavy atom. The number of rotatable bonds is 19. The molecule has 0 spiro atoms. The number of para-hydroxylation sites is 2. The highest BCUT2D eigenvalue weighted by molar-refractivity contribution is 7.55. The van der Waals surface area contributed by atoms with E-state index in [-0.39, 0.29) is 36.9 Å². The number of nitrogens with one attached hydrogen (secondary N) is 5. The van der Waals surface area contributed by atoms with Gasteiger partial charge in [0.15, 0.2) is 5.78 Å². The number of amides is 4. The molecule has 0 radical (unpaired) electrons. The summed E-state index contributed by atoms with van der Waals surface area (Å²) in [5.74, 6) is -2.66. The fourth-order valence-electron chi connectivity index (χ4n) is 5.36. The van der Waals surface area contributed by atoms with Gasteiger partial charge in [-0.3, -0.25) is 15.0 Å². The number of carbonyl (C=O) groups excluding carboxylic acids is 4. The predicted molar refractivity (Wildman–Crippen MR) is 219 cm³/mol. The van der Waals surface area contributed by atoms with Crippen LogP contribution in [0.1, 0.15) is 69.4 Å². The van der Waals surface area contributed by atoms with Gasteiger partial charge >= 0.3 is 19.8 Å². The number of hydrogen-bond acceptors (Lipinski definition) is 10. The molecule has 0 bridgehead atoms. The normalized spacial score (nSPS) is 12.8. The first-order valence-electron chi connectivity index (χ1n) is 18.7. The highest BCUT2D eigenvalue weighted by atomic mass is 31.2. The lowest BCUT2D eigenvalue weighted by molar-refractivity contribution is -0.129. The standard InChI is InChI=1S/C42H51N6O9P/c1-29(46-38(50)35(22-14-15-27-45-40(51)55-42(2,3)4)47-41(52)54-28-30-16-8-5-9-17-30)37(49)48-39(32-25-23-31(24-26-32)36(43)44)58(53,56-33-18-10-6-11-19-33)57-34-20-12-7-13-21-34/h5-13,16-21,23-26,29,35,39H,14-15,22,27-28H2,1-4H3,(H3,43,44)(H,45,51)(H,46,50)(H,47,52)(H,48,49)/t29-,35-,39?/m0/s1. The molecule has 0 aliphatic rings. The summed E-state index contributed by atoms with van der Waals surface area (Å²) in [4.78, 5) is 52.7. The Bertz CT molecular complexity index is 1970. The van der Waals surface area contributed by atoms with Crippen LogP contribution in [0.3, 0.4) is 0 Å². The summed E-state index contributed by atoms with van der Waals surface area (Å²) in [5, 5.41) is 18.5. The molecule has 58 heavy (non-hydrogen) atoms. The van der Waals surface area contributed by atoms with Gasteiger partial charge < -0.3 is 45.5 Å². The number of carbonyl (C=O) groups is 4. The quantitative estimate of drug-likeness (QED) is 0.0248. The maximum atomic E-state index is 15.0. The highest BCUT2D eigenvalue weighted by Crippen LogP contribution is 2.59. The van der Waals surface area contributed by atoms with Crippen molar-refractivity contribution in [1.82, 2.24) is 21.3 Å². The SMILES string of the molecule is C[C@H](NC(=O)[C@H](CCCCNC(=O)OC(C)(C)C)NC(=O)OCc1ccccc1)C(=O)NC(c1ccc(C(=N)N)cc1)P(=O)(Oc1ccccc1)Oc1ccccc1. The first-order chi connectivity index (χ1) is 27.6. The molecule has 0 heterocycles. The lowest BCUT2D eigenvalue weighted by Gasteiger charge is -2.29. The Kier molecular flexibility index (Phi) is 16.3. The third-order valence-electron chi connectivity index (χ3n) is 8.25. The number of alkyl carbamates (subject to hydrolysis) is 2. The molecular weight excluding hydrogens is 763 g/mol. The Hall–Kier alpha value is -6.34. The van der Waals surface area contributed by atoms with Crippen LogP contribution in [0.25, 0.3) is 0 Å². The molecule has 0 saturated heterocycles. The van der Waals surface area contributed by atoms with Crippen LogP contribution >= 0.6 is 7.60 Å². The van der Waals surface area contributed by atoms with E-state index in [9.17, 15) is 19.2 Å². The van der Waals surface area contributed by atoms with Crippen LogP contribution in [-0.2, 0) is 30.2 Å². The third kappa shape index (κ3) is 14.6. The van der Waals surface area contributed by atoms with Crippen molar-refractivity contribution in [2.75, 3.05) is 6.54 Å². The smallest absolute Gasteiger partial charge is 0.445 e. The summed E-state index contributed by atoms with van der Waals surface area (Å²) < 4.78 is 37.8. The van der Waals surface area contributed by atoms with Crippen LogP contribution in [0.2, 0.25) is 0 Å². The molecule has 4 amide bonds. The van der Waals surface area contributed by atoms with Crippen molar-refractivity contribution >= 4 is 37.4 Å². The molecule has 15 nitrogen and oxygen atoms in total. The second-order valence-electron chi connectivity index (χ2n) is 14.2. The summed E-state index contributed by atoms with van der Waals surface area (Å²) in [6, 6.07) is 29.4. The number of ether oxygens (including phenoxy) is 2. The number of nitrogen functional groups attached to an aromatic ring is 1. The van der Waals surface area contributed by atoms with E-state index in [4.69, 9.17) is 29.7 Å². The van der Waals surface area contributed by atoms with Crippen molar-refractivity contribution in [1.29, 1.82) is 5.41 Å². The van der Waals surface area contributed by atoms with Crippen LogP contribution < -0.4 is 36.0 Å². The van der Waals surface area contributed by atoms with Crippen LogP contribution in [0, 0.1) is 5.41 Å². The molecule has 3 atom stereocenters. The fraction of sp³-hybridized carbons (Fsp3) is 0.310. The van der Waals surface area contributed by atoms with Crippen LogP contribution in [0.5, 0.6) is 11.5 Å². The minimum atomic E-state index is -4.42. The highest BCUT2D eigenvalue weighted by Gasteiger charge is 2.43. The molecule has 4 rings (SSSR count). The maximum Gasteiger partial charge on any atom is 0.457 e. The van der Waals surface area contributed by atoms with Crippen LogP contribution in [0.4, 0.5) is 9.59 Å². The largest absolute Gasteiger partial charge is 0.457 e. The van der Waals surface area contributed by atoms with E-state index in [1.807, 2.05) is 6.07 Å². The van der Waals surface area contributed by atoms with E-state index < -0.39 is 55.1 Å². The minimum absolute atomic E-state index is 0.0371. The van der Waals surface area contributed by atoms with Gasteiger partial charge in [-0.15, -0.1) is 0 Å². The number of unbranched alkanes of at least 4 members (excludes halogenated alkanes) is 1. The zero-order valence-electron chi connectivity index (χ0n) is 32.9. The van der Waals surface area contributed by atoms with E-state index >= 15 is 4.57 Å². The third-order valence-corrected chi connectivity index (χ3v) is 10.2.